The predicted molar refractivity (Wildman–Crippen MR) is 68.7 cm³/mol. The number of ether oxygens (including phenoxy) is 6. The summed E-state index contributed by atoms with van der Waals surface area (Å²) >= 11 is 0. The van der Waals surface area contributed by atoms with Crippen molar-refractivity contribution in [1.82, 2.24) is 0 Å². The van der Waals surface area contributed by atoms with Gasteiger partial charge >= 0.3 is 0 Å². The summed E-state index contributed by atoms with van der Waals surface area (Å²) in [6.45, 7) is 7.51. The first-order chi connectivity index (χ1) is 9.31. The lowest BCUT2D eigenvalue weighted by Crippen LogP contribution is -2.54. The van der Waals surface area contributed by atoms with Gasteiger partial charge in [-0.2, -0.15) is 0 Å². The van der Waals surface area contributed by atoms with Crippen molar-refractivity contribution < 1.29 is 28.4 Å². The minimum absolute atomic E-state index is 0.225. The molecule has 0 aromatic heterocycles. The molecule has 0 bridgehead atoms. The summed E-state index contributed by atoms with van der Waals surface area (Å²) in [4.78, 5) is 0. The fourth-order valence-corrected chi connectivity index (χ4v) is 2.95. The van der Waals surface area contributed by atoms with Crippen molar-refractivity contribution in [3.05, 3.63) is 12.3 Å². The van der Waals surface area contributed by atoms with Crippen molar-refractivity contribution in [3.8, 4) is 0 Å². The summed E-state index contributed by atoms with van der Waals surface area (Å²) in [5, 5.41) is 0. The SMILES string of the molecule is CO/C=C/[C@H]1O[C@@H]2OC(C)(C)O[C@@H]2[C@H]2OC(C)(C)O[C@H]21. The first-order valence-electron chi connectivity index (χ1n) is 6.87. The zero-order valence-electron chi connectivity index (χ0n) is 12.5. The Morgan fingerprint density at radius 1 is 0.850 bits per heavy atom. The van der Waals surface area contributed by atoms with Crippen LogP contribution in [0.25, 0.3) is 0 Å². The molecule has 5 atom stereocenters. The van der Waals surface area contributed by atoms with Crippen LogP contribution in [0, 0.1) is 0 Å². The smallest absolute Gasteiger partial charge is 0.190 e. The standard InChI is InChI=1S/C14H22O6/c1-13(2)17-9-8(6-7-15-5)16-12-11(10(9)18-13)19-14(3,4)20-12/h6-12H,1-5H3/b7-6+/t8-,9+,10+,11-,12-/m1/s1. The van der Waals surface area contributed by atoms with Gasteiger partial charge in [0.15, 0.2) is 17.9 Å². The van der Waals surface area contributed by atoms with Gasteiger partial charge in [-0.1, -0.05) is 0 Å². The maximum Gasteiger partial charge on any atom is 0.190 e. The van der Waals surface area contributed by atoms with Crippen LogP contribution in [-0.4, -0.2) is 49.4 Å². The molecule has 6 heteroatoms. The van der Waals surface area contributed by atoms with E-state index in [4.69, 9.17) is 28.4 Å². The Kier molecular flexibility index (Phi) is 3.34. The van der Waals surface area contributed by atoms with E-state index in [1.165, 1.54) is 0 Å². The molecule has 0 aromatic carbocycles. The van der Waals surface area contributed by atoms with E-state index in [-0.39, 0.29) is 24.4 Å². The fourth-order valence-electron chi connectivity index (χ4n) is 2.95. The zero-order chi connectivity index (χ0) is 14.5. The average Bonchev–Trinajstić information content (AvgIpc) is 2.80. The monoisotopic (exact) mass is 286 g/mol. The summed E-state index contributed by atoms with van der Waals surface area (Å²) in [7, 11) is 1.59. The molecule has 0 amide bonds. The van der Waals surface area contributed by atoms with E-state index in [9.17, 15) is 0 Å². The van der Waals surface area contributed by atoms with Gasteiger partial charge in [-0.15, -0.1) is 0 Å². The maximum atomic E-state index is 5.99. The Balaban J connectivity index is 1.86. The molecule has 0 saturated carbocycles. The molecule has 3 saturated heterocycles. The normalized spacial score (nSPS) is 45.4. The van der Waals surface area contributed by atoms with Gasteiger partial charge in [0.2, 0.25) is 0 Å². The highest BCUT2D eigenvalue weighted by Gasteiger charge is 2.60. The van der Waals surface area contributed by atoms with Gasteiger partial charge in [0.25, 0.3) is 0 Å². The van der Waals surface area contributed by atoms with Crippen molar-refractivity contribution in [3.63, 3.8) is 0 Å². The van der Waals surface area contributed by atoms with Crippen molar-refractivity contribution in [2.24, 2.45) is 0 Å². The topological polar surface area (TPSA) is 55.4 Å². The van der Waals surface area contributed by atoms with E-state index in [2.05, 4.69) is 0 Å². The van der Waals surface area contributed by atoms with Crippen molar-refractivity contribution in [2.45, 2.75) is 70.0 Å². The Hall–Kier alpha value is -0.660. The summed E-state index contributed by atoms with van der Waals surface area (Å²) in [6, 6.07) is 0. The number of methoxy groups -OCH3 is 1. The van der Waals surface area contributed by atoms with Gasteiger partial charge in [0.1, 0.15) is 24.4 Å². The van der Waals surface area contributed by atoms with Crippen LogP contribution in [-0.2, 0) is 28.4 Å². The van der Waals surface area contributed by atoms with Crippen LogP contribution in [0.3, 0.4) is 0 Å². The molecule has 3 heterocycles. The molecule has 0 spiro atoms. The zero-order valence-corrected chi connectivity index (χ0v) is 12.5. The third-order valence-electron chi connectivity index (χ3n) is 3.59. The molecule has 3 rings (SSSR count). The second-order valence-electron chi connectivity index (χ2n) is 6.20. The van der Waals surface area contributed by atoms with Crippen LogP contribution in [0.1, 0.15) is 27.7 Å². The number of rotatable bonds is 2. The lowest BCUT2D eigenvalue weighted by Gasteiger charge is -2.35. The molecule has 0 radical (unpaired) electrons. The molecule has 3 aliphatic rings. The fraction of sp³-hybridized carbons (Fsp3) is 0.857. The van der Waals surface area contributed by atoms with Gasteiger partial charge in [0, 0.05) is 0 Å². The molecular formula is C14H22O6. The predicted octanol–water partition coefficient (Wildman–Crippen LogP) is 1.54. The molecule has 114 valence electrons. The van der Waals surface area contributed by atoms with Crippen LogP contribution >= 0.6 is 0 Å². The quantitative estimate of drug-likeness (QED) is 0.718. The molecular weight excluding hydrogens is 264 g/mol. The Bertz CT molecular complexity index is 404. The van der Waals surface area contributed by atoms with Crippen LogP contribution in [0.4, 0.5) is 0 Å². The lowest BCUT2D eigenvalue weighted by atomic mass is 9.99. The van der Waals surface area contributed by atoms with E-state index < -0.39 is 17.9 Å². The van der Waals surface area contributed by atoms with E-state index >= 15 is 0 Å². The highest BCUT2D eigenvalue weighted by atomic mass is 16.9. The maximum absolute atomic E-state index is 5.99. The van der Waals surface area contributed by atoms with Gasteiger partial charge in [-0.25, -0.2) is 0 Å². The molecule has 0 aliphatic carbocycles. The van der Waals surface area contributed by atoms with E-state index in [1.807, 2.05) is 33.8 Å². The summed E-state index contributed by atoms with van der Waals surface area (Å²) < 4.78 is 34.5. The van der Waals surface area contributed by atoms with Crippen molar-refractivity contribution in [2.75, 3.05) is 7.11 Å². The second-order valence-corrected chi connectivity index (χ2v) is 6.20. The first-order valence-corrected chi connectivity index (χ1v) is 6.87. The van der Waals surface area contributed by atoms with Gasteiger partial charge < -0.3 is 28.4 Å². The van der Waals surface area contributed by atoms with Crippen molar-refractivity contribution in [1.29, 1.82) is 0 Å². The molecule has 6 nitrogen and oxygen atoms in total. The minimum Gasteiger partial charge on any atom is -0.505 e. The van der Waals surface area contributed by atoms with Crippen LogP contribution < -0.4 is 0 Å². The minimum atomic E-state index is -0.685. The van der Waals surface area contributed by atoms with E-state index in [1.54, 1.807) is 13.4 Å². The lowest BCUT2D eigenvalue weighted by molar-refractivity contribution is -0.222. The first kappa shape index (κ1) is 14.3. The number of hydrogen-bond donors (Lipinski definition) is 0. The van der Waals surface area contributed by atoms with E-state index in [0.717, 1.165) is 0 Å². The Morgan fingerprint density at radius 2 is 1.45 bits per heavy atom. The average molecular weight is 286 g/mol. The van der Waals surface area contributed by atoms with Crippen LogP contribution in [0.2, 0.25) is 0 Å². The molecule has 3 aliphatic heterocycles. The summed E-state index contributed by atoms with van der Waals surface area (Å²) in [5.74, 6) is -1.35. The molecule has 20 heavy (non-hydrogen) atoms. The number of fused-ring (bicyclic) bond motifs is 3. The van der Waals surface area contributed by atoms with Crippen LogP contribution in [0.15, 0.2) is 12.3 Å². The second kappa shape index (κ2) is 4.68. The van der Waals surface area contributed by atoms with Gasteiger partial charge in [-0.05, 0) is 33.8 Å². The largest absolute Gasteiger partial charge is 0.505 e. The summed E-state index contributed by atoms with van der Waals surface area (Å²) in [5.41, 5.74) is 0. The Labute approximate surface area is 118 Å². The van der Waals surface area contributed by atoms with E-state index in [0.29, 0.717) is 0 Å². The molecule has 3 fully saturated rings. The molecule has 0 unspecified atom stereocenters. The van der Waals surface area contributed by atoms with Gasteiger partial charge in [0.05, 0.1) is 13.4 Å². The Morgan fingerprint density at radius 3 is 2.15 bits per heavy atom. The third kappa shape index (κ3) is 2.46. The van der Waals surface area contributed by atoms with Crippen LogP contribution in [0.5, 0.6) is 0 Å². The highest BCUT2D eigenvalue weighted by molar-refractivity contribution is 5.05. The molecule has 0 N–H and O–H groups in total. The van der Waals surface area contributed by atoms with Crippen molar-refractivity contribution >= 4 is 0 Å². The third-order valence-corrected chi connectivity index (χ3v) is 3.59. The summed E-state index contributed by atoms with van der Waals surface area (Å²) in [6.07, 6.45) is 1.89. The van der Waals surface area contributed by atoms with Gasteiger partial charge in [-0.3, -0.25) is 0 Å². The molecule has 0 aromatic rings. The number of hydrogen-bond acceptors (Lipinski definition) is 6. The highest BCUT2D eigenvalue weighted by Crippen LogP contribution is 2.44.